The van der Waals surface area contributed by atoms with Crippen molar-refractivity contribution in [1.29, 1.82) is 0 Å². The number of likely N-dealkylation sites (tertiary alicyclic amines) is 1. The third-order valence-electron chi connectivity index (χ3n) is 5.77. The molecule has 2 aliphatic rings. The molecule has 158 valence electrons. The van der Waals surface area contributed by atoms with Crippen molar-refractivity contribution >= 4 is 29.4 Å². The molecule has 2 N–H and O–H groups in total. The molecular weight excluding hydrogens is 401 g/mol. The summed E-state index contributed by atoms with van der Waals surface area (Å²) in [5, 5.41) is 4.86. The molecule has 1 unspecified atom stereocenters. The molecule has 0 radical (unpaired) electrons. The number of nitrogens with one attached hydrogen (secondary N) is 2. The highest BCUT2D eigenvalue weighted by atomic mass is 35.5. The van der Waals surface area contributed by atoms with Crippen LogP contribution in [-0.4, -0.2) is 48.5 Å². The minimum Gasteiger partial charge on any atom is -0.496 e. The van der Waals surface area contributed by atoms with E-state index >= 15 is 0 Å². The molecule has 7 nitrogen and oxygen atoms in total. The monoisotopic (exact) mass is 425 g/mol. The van der Waals surface area contributed by atoms with Gasteiger partial charge < -0.3 is 15.0 Å². The molecule has 0 spiro atoms. The molecular formula is C20H25ClFN3O4. The van der Waals surface area contributed by atoms with Gasteiger partial charge in [-0.05, 0) is 43.7 Å². The Morgan fingerprint density at radius 3 is 2.59 bits per heavy atom. The minimum absolute atomic E-state index is 0.0530. The number of carbonyl (C=O) groups is 3. The Labute approximate surface area is 173 Å². The Morgan fingerprint density at radius 2 is 2.03 bits per heavy atom. The Kier molecular flexibility index (Phi) is 6.03. The summed E-state index contributed by atoms with van der Waals surface area (Å²) < 4.78 is 19.0. The maximum Gasteiger partial charge on any atom is 0.322 e. The Balaban J connectivity index is 1.62. The average Bonchev–Trinajstić information content (AvgIpc) is 2.94. The summed E-state index contributed by atoms with van der Waals surface area (Å²) in [5.41, 5.74) is -0.236. The van der Waals surface area contributed by atoms with E-state index in [-0.39, 0.29) is 23.3 Å². The fourth-order valence-electron chi connectivity index (χ4n) is 4.19. The van der Waals surface area contributed by atoms with Crippen LogP contribution in [0.25, 0.3) is 0 Å². The number of benzene rings is 1. The van der Waals surface area contributed by atoms with Gasteiger partial charge in [-0.2, -0.15) is 0 Å². The van der Waals surface area contributed by atoms with Gasteiger partial charge in [-0.3, -0.25) is 14.9 Å². The first-order chi connectivity index (χ1) is 13.6. The maximum atomic E-state index is 13.7. The van der Waals surface area contributed by atoms with E-state index in [1.54, 1.807) is 24.8 Å². The van der Waals surface area contributed by atoms with E-state index in [2.05, 4.69) is 10.6 Å². The molecule has 2 aliphatic heterocycles. The zero-order chi connectivity index (χ0) is 21.3. The SMILES string of the molecule is COc1cc(F)c(Cl)cc1C1CCN(C(=O)C(C)C[C@@]2(C)NC(=O)NC2=O)CC1. The van der Waals surface area contributed by atoms with Crippen molar-refractivity contribution in [3.8, 4) is 5.75 Å². The quantitative estimate of drug-likeness (QED) is 0.710. The van der Waals surface area contributed by atoms with E-state index in [1.807, 2.05) is 0 Å². The average molecular weight is 426 g/mol. The molecule has 1 aromatic rings. The van der Waals surface area contributed by atoms with Crippen LogP contribution in [0.2, 0.25) is 5.02 Å². The van der Waals surface area contributed by atoms with Gasteiger partial charge in [-0.15, -0.1) is 0 Å². The number of imide groups is 1. The van der Waals surface area contributed by atoms with Gasteiger partial charge in [-0.25, -0.2) is 9.18 Å². The second-order valence-corrected chi connectivity index (χ2v) is 8.36. The normalized spacial score (nSPS) is 23.6. The van der Waals surface area contributed by atoms with Gasteiger partial charge >= 0.3 is 6.03 Å². The lowest BCUT2D eigenvalue weighted by Crippen LogP contribution is -2.48. The predicted octanol–water partition coefficient (Wildman–Crippen LogP) is 2.82. The van der Waals surface area contributed by atoms with E-state index in [0.29, 0.717) is 31.7 Å². The van der Waals surface area contributed by atoms with Gasteiger partial charge in [0.25, 0.3) is 5.91 Å². The molecule has 0 aromatic heterocycles. The number of hydrogen-bond donors (Lipinski definition) is 2. The number of methoxy groups -OCH3 is 1. The van der Waals surface area contributed by atoms with Crippen LogP contribution in [0.4, 0.5) is 9.18 Å². The first-order valence-corrected chi connectivity index (χ1v) is 9.97. The Hall–Kier alpha value is -2.35. The molecule has 1 aromatic carbocycles. The second kappa shape index (κ2) is 8.18. The third-order valence-corrected chi connectivity index (χ3v) is 6.06. The summed E-state index contributed by atoms with van der Waals surface area (Å²) in [4.78, 5) is 38.0. The van der Waals surface area contributed by atoms with E-state index in [4.69, 9.17) is 16.3 Å². The zero-order valence-corrected chi connectivity index (χ0v) is 17.4. The van der Waals surface area contributed by atoms with Crippen LogP contribution in [-0.2, 0) is 9.59 Å². The highest BCUT2D eigenvalue weighted by molar-refractivity contribution is 6.30. The lowest BCUT2D eigenvalue weighted by molar-refractivity contribution is -0.137. The molecule has 2 saturated heterocycles. The number of nitrogens with zero attached hydrogens (tertiary/aromatic N) is 1. The van der Waals surface area contributed by atoms with Gasteiger partial charge in [0, 0.05) is 25.1 Å². The number of amides is 4. The summed E-state index contributed by atoms with van der Waals surface area (Å²) in [6.45, 7) is 4.47. The smallest absolute Gasteiger partial charge is 0.322 e. The number of halogens is 2. The summed E-state index contributed by atoms with van der Waals surface area (Å²) in [5.74, 6) is -0.842. The van der Waals surface area contributed by atoms with Crippen molar-refractivity contribution in [2.45, 2.75) is 44.6 Å². The molecule has 4 amide bonds. The topological polar surface area (TPSA) is 87.7 Å². The zero-order valence-electron chi connectivity index (χ0n) is 16.7. The van der Waals surface area contributed by atoms with Crippen LogP contribution in [0.5, 0.6) is 5.75 Å². The summed E-state index contributed by atoms with van der Waals surface area (Å²) >= 11 is 5.94. The molecule has 9 heteroatoms. The first-order valence-electron chi connectivity index (χ1n) is 9.60. The molecule has 2 atom stereocenters. The van der Waals surface area contributed by atoms with Crippen LogP contribution < -0.4 is 15.4 Å². The van der Waals surface area contributed by atoms with Gasteiger partial charge in [0.2, 0.25) is 5.91 Å². The van der Waals surface area contributed by atoms with Gasteiger partial charge in [0.1, 0.15) is 17.1 Å². The standard InChI is InChI=1S/C20H25ClFN3O4/c1-11(10-20(2)18(27)23-19(28)24-20)17(26)25-6-4-12(5-7-25)13-8-14(21)15(22)9-16(13)29-3/h8-9,11-12H,4-7,10H2,1-3H3,(H2,23,24,27,28)/t11?,20-/m1/s1. The van der Waals surface area contributed by atoms with Crippen molar-refractivity contribution in [3.63, 3.8) is 0 Å². The summed E-state index contributed by atoms with van der Waals surface area (Å²) in [6.07, 6.45) is 1.63. The number of piperidine rings is 1. The van der Waals surface area contributed by atoms with Crippen molar-refractivity contribution in [3.05, 3.63) is 28.5 Å². The fourth-order valence-corrected chi connectivity index (χ4v) is 4.36. The second-order valence-electron chi connectivity index (χ2n) is 7.95. The lowest BCUT2D eigenvalue weighted by Gasteiger charge is -2.35. The minimum atomic E-state index is -1.08. The number of ether oxygens (including phenoxy) is 1. The van der Waals surface area contributed by atoms with Crippen LogP contribution in [0.1, 0.15) is 44.6 Å². The third kappa shape index (κ3) is 4.32. The number of rotatable bonds is 5. The van der Waals surface area contributed by atoms with E-state index in [9.17, 15) is 18.8 Å². The Bertz CT molecular complexity index is 841. The molecule has 3 rings (SSSR count). The van der Waals surface area contributed by atoms with Gasteiger partial charge in [0.05, 0.1) is 12.1 Å². The van der Waals surface area contributed by atoms with Crippen molar-refractivity contribution < 1.29 is 23.5 Å². The highest BCUT2D eigenvalue weighted by Crippen LogP contribution is 2.37. The van der Waals surface area contributed by atoms with E-state index < -0.39 is 29.2 Å². The molecule has 0 aliphatic carbocycles. The largest absolute Gasteiger partial charge is 0.496 e. The van der Waals surface area contributed by atoms with Gasteiger partial charge in [-0.1, -0.05) is 18.5 Å². The van der Waals surface area contributed by atoms with Crippen LogP contribution >= 0.6 is 11.6 Å². The molecule has 0 bridgehead atoms. The summed E-state index contributed by atoms with van der Waals surface area (Å²) in [7, 11) is 1.49. The van der Waals surface area contributed by atoms with Crippen molar-refractivity contribution in [2.75, 3.05) is 20.2 Å². The first kappa shape index (κ1) is 21.4. The van der Waals surface area contributed by atoms with E-state index in [0.717, 1.165) is 5.56 Å². The molecule has 29 heavy (non-hydrogen) atoms. The number of hydrogen-bond acceptors (Lipinski definition) is 4. The molecule has 2 heterocycles. The van der Waals surface area contributed by atoms with Crippen molar-refractivity contribution in [2.24, 2.45) is 5.92 Å². The highest BCUT2D eigenvalue weighted by Gasteiger charge is 2.44. The fraction of sp³-hybridized carbons (Fsp3) is 0.550. The lowest BCUT2D eigenvalue weighted by atomic mass is 9.86. The van der Waals surface area contributed by atoms with Crippen LogP contribution in [0.15, 0.2) is 12.1 Å². The number of urea groups is 1. The molecule has 2 fully saturated rings. The molecule has 0 saturated carbocycles. The number of carbonyl (C=O) groups excluding carboxylic acids is 3. The van der Waals surface area contributed by atoms with E-state index in [1.165, 1.54) is 13.2 Å². The van der Waals surface area contributed by atoms with Crippen LogP contribution in [0, 0.1) is 11.7 Å². The maximum absolute atomic E-state index is 13.7. The summed E-state index contributed by atoms with van der Waals surface area (Å²) in [6, 6.07) is 2.35. The van der Waals surface area contributed by atoms with Gasteiger partial charge in [0.15, 0.2) is 0 Å². The predicted molar refractivity (Wildman–Crippen MR) is 105 cm³/mol. The Morgan fingerprint density at radius 1 is 1.38 bits per heavy atom. The van der Waals surface area contributed by atoms with Crippen molar-refractivity contribution in [1.82, 2.24) is 15.5 Å². The van der Waals surface area contributed by atoms with Crippen LogP contribution in [0.3, 0.4) is 0 Å².